The van der Waals surface area contributed by atoms with E-state index in [0.29, 0.717) is 31.1 Å². The summed E-state index contributed by atoms with van der Waals surface area (Å²) in [5, 5.41) is 18.0. The predicted molar refractivity (Wildman–Crippen MR) is 125 cm³/mol. The van der Waals surface area contributed by atoms with E-state index < -0.39 is 22.6 Å². The van der Waals surface area contributed by atoms with Crippen LogP contribution in [-0.4, -0.2) is 72.5 Å². The fourth-order valence-electron chi connectivity index (χ4n) is 8.03. The highest BCUT2D eigenvalue weighted by atomic mass is 16.5. The number of aliphatic hydroxyl groups is 1. The Hall–Kier alpha value is -2.16. The zero-order valence-electron chi connectivity index (χ0n) is 20.1. The van der Waals surface area contributed by atoms with Gasteiger partial charge in [0.15, 0.2) is 0 Å². The van der Waals surface area contributed by atoms with Crippen molar-refractivity contribution in [1.29, 1.82) is 0 Å². The standard InChI is InChI=1S/C26H35N3O5/c1-16-3-4-19(33-2)11-20(16)24-12-18-14-29(13-17-5-9-34-10-6-17)21(18)26(24,32)8-7-25(15-24)22(30)27-23(31)28-25/h3-4,11,17-18,21,32H,5-10,12-15H2,1-2H3,(H2,27,28,30,31)/t18?,21-,24-,25+,26-/m1/s1. The lowest BCUT2D eigenvalue weighted by Crippen LogP contribution is -2.70. The van der Waals surface area contributed by atoms with E-state index in [0.717, 1.165) is 62.4 Å². The molecule has 0 bridgehead atoms. The monoisotopic (exact) mass is 469 g/mol. The second-order valence-corrected chi connectivity index (χ2v) is 11.3. The molecule has 8 heteroatoms. The van der Waals surface area contributed by atoms with Gasteiger partial charge in [0.05, 0.1) is 12.7 Å². The van der Waals surface area contributed by atoms with E-state index in [1.54, 1.807) is 7.11 Å². The fraction of sp³-hybridized carbons (Fsp3) is 0.692. The average molecular weight is 470 g/mol. The van der Waals surface area contributed by atoms with Crippen LogP contribution in [0.5, 0.6) is 5.75 Å². The zero-order valence-corrected chi connectivity index (χ0v) is 20.1. The SMILES string of the molecule is COc1ccc(C)c([C@]23CC4CN(CC5CCOCC5)[C@H]4[C@]2(O)CC[C@@]2(C3)NC(=O)NC2=O)c1. The summed E-state index contributed by atoms with van der Waals surface area (Å²) in [5.41, 5.74) is -0.467. The van der Waals surface area contributed by atoms with Crippen LogP contribution in [0, 0.1) is 18.8 Å². The average Bonchev–Trinajstić information content (AvgIpc) is 3.19. The van der Waals surface area contributed by atoms with Crippen molar-refractivity contribution in [3.05, 3.63) is 29.3 Å². The third kappa shape index (κ3) is 3.01. The Morgan fingerprint density at radius 1 is 1.24 bits per heavy atom. The zero-order chi connectivity index (χ0) is 23.7. The maximum absolute atomic E-state index is 13.0. The first-order chi connectivity index (χ1) is 16.3. The second kappa shape index (κ2) is 7.67. The summed E-state index contributed by atoms with van der Waals surface area (Å²) in [7, 11) is 1.65. The van der Waals surface area contributed by atoms with E-state index in [4.69, 9.17) is 9.47 Å². The van der Waals surface area contributed by atoms with Crippen LogP contribution < -0.4 is 15.4 Å². The van der Waals surface area contributed by atoms with Crippen LogP contribution in [0.15, 0.2) is 18.2 Å². The summed E-state index contributed by atoms with van der Waals surface area (Å²) >= 11 is 0. The van der Waals surface area contributed by atoms with Crippen LogP contribution >= 0.6 is 0 Å². The minimum Gasteiger partial charge on any atom is -0.497 e. The number of imide groups is 1. The van der Waals surface area contributed by atoms with Gasteiger partial charge in [0, 0.05) is 37.8 Å². The molecule has 0 radical (unpaired) electrons. The molecule has 1 unspecified atom stereocenters. The first-order valence-corrected chi connectivity index (χ1v) is 12.6. The summed E-state index contributed by atoms with van der Waals surface area (Å²) in [5.74, 6) is 1.44. The summed E-state index contributed by atoms with van der Waals surface area (Å²) in [6, 6.07) is 5.66. The number of urea groups is 1. The number of methoxy groups -OCH3 is 1. The smallest absolute Gasteiger partial charge is 0.322 e. The van der Waals surface area contributed by atoms with Crippen molar-refractivity contribution in [2.45, 2.75) is 68.0 Å². The molecule has 34 heavy (non-hydrogen) atoms. The fourth-order valence-corrected chi connectivity index (χ4v) is 8.03. The van der Waals surface area contributed by atoms with Gasteiger partial charge in [-0.25, -0.2) is 4.79 Å². The van der Waals surface area contributed by atoms with Crippen LogP contribution in [0.1, 0.15) is 49.7 Å². The van der Waals surface area contributed by atoms with Gasteiger partial charge < -0.3 is 19.9 Å². The largest absolute Gasteiger partial charge is 0.497 e. The third-order valence-electron chi connectivity index (χ3n) is 9.58. The van der Waals surface area contributed by atoms with Gasteiger partial charge in [0.25, 0.3) is 5.91 Å². The van der Waals surface area contributed by atoms with Gasteiger partial charge in [-0.1, -0.05) is 6.07 Å². The number of ether oxygens (including phenoxy) is 2. The molecule has 3 saturated heterocycles. The first kappa shape index (κ1) is 22.3. The quantitative estimate of drug-likeness (QED) is 0.582. The molecule has 3 amide bonds. The van der Waals surface area contributed by atoms with Gasteiger partial charge in [-0.05, 0) is 80.5 Å². The Labute approximate surface area is 200 Å². The highest BCUT2D eigenvalue weighted by Gasteiger charge is 2.73. The molecule has 1 aromatic carbocycles. The van der Waals surface area contributed by atoms with Gasteiger partial charge in [-0.15, -0.1) is 0 Å². The minimum atomic E-state index is -0.978. The molecule has 3 heterocycles. The van der Waals surface area contributed by atoms with Crippen LogP contribution in [-0.2, 0) is 14.9 Å². The van der Waals surface area contributed by atoms with Crippen LogP contribution in [0.2, 0.25) is 0 Å². The number of likely N-dealkylation sites (tertiary alicyclic amines) is 1. The molecule has 3 aliphatic heterocycles. The number of aryl methyl sites for hydroxylation is 1. The van der Waals surface area contributed by atoms with Crippen LogP contribution in [0.3, 0.4) is 0 Å². The highest BCUT2D eigenvalue weighted by Crippen LogP contribution is 2.65. The van der Waals surface area contributed by atoms with Gasteiger partial charge in [-0.3, -0.25) is 15.0 Å². The maximum atomic E-state index is 13.0. The molecule has 1 spiro atoms. The highest BCUT2D eigenvalue weighted by molar-refractivity contribution is 6.07. The van der Waals surface area contributed by atoms with E-state index >= 15 is 0 Å². The van der Waals surface area contributed by atoms with Crippen molar-refractivity contribution in [2.75, 3.05) is 33.4 Å². The van der Waals surface area contributed by atoms with E-state index in [2.05, 4.69) is 22.5 Å². The lowest BCUT2D eigenvalue weighted by atomic mass is 9.55. The van der Waals surface area contributed by atoms with Crippen molar-refractivity contribution in [1.82, 2.24) is 15.5 Å². The normalized spacial score (nSPS) is 39.9. The number of benzene rings is 1. The second-order valence-electron chi connectivity index (χ2n) is 11.3. The molecule has 8 nitrogen and oxygen atoms in total. The molecule has 5 aliphatic rings. The van der Waals surface area contributed by atoms with Gasteiger partial charge in [-0.2, -0.15) is 0 Å². The Morgan fingerprint density at radius 2 is 2.03 bits per heavy atom. The molecule has 5 atom stereocenters. The van der Waals surface area contributed by atoms with Crippen molar-refractivity contribution < 1.29 is 24.2 Å². The van der Waals surface area contributed by atoms with Crippen molar-refractivity contribution in [3.63, 3.8) is 0 Å². The van der Waals surface area contributed by atoms with E-state index in [1.807, 2.05) is 18.2 Å². The van der Waals surface area contributed by atoms with E-state index in [-0.39, 0.29) is 11.9 Å². The molecule has 5 fully saturated rings. The Bertz CT molecular complexity index is 1030. The molecule has 2 aliphatic carbocycles. The van der Waals surface area contributed by atoms with Crippen molar-refractivity contribution in [2.24, 2.45) is 11.8 Å². The van der Waals surface area contributed by atoms with Gasteiger partial charge in [0.2, 0.25) is 0 Å². The maximum Gasteiger partial charge on any atom is 0.322 e. The number of rotatable bonds is 4. The number of nitrogens with one attached hydrogen (secondary N) is 2. The van der Waals surface area contributed by atoms with Crippen molar-refractivity contribution in [3.8, 4) is 5.75 Å². The molecular formula is C26H35N3O5. The van der Waals surface area contributed by atoms with Gasteiger partial charge in [0.1, 0.15) is 11.3 Å². The Balaban J connectivity index is 1.41. The third-order valence-corrected chi connectivity index (χ3v) is 9.58. The summed E-state index contributed by atoms with van der Waals surface area (Å²) in [6.45, 7) is 5.67. The molecule has 3 N–H and O–H groups in total. The number of carbonyl (C=O) groups excluding carboxylic acids is 2. The van der Waals surface area contributed by atoms with Crippen molar-refractivity contribution >= 4 is 11.9 Å². The molecule has 1 aromatic rings. The van der Waals surface area contributed by atoms with E-state index in [1.165, 1.54) is 0 Å². The molecule has 2 saturated carbocycles. The molecular weight excluding hydrogens is 434 g/mol. The predicted octanol–water partition coefficient (Wildman–Crippen LogP) is 1.87. The summed E-state index contributed by atoms with van der Waals surface area (Å²) in [4.78, 5) is 27.7. The lowest BCUT2D eigenvalue weighted by Gasteiger charge is -2.57. The van der Waals surface area contributed by atoms with Crippen LogP contribution in [0.25, 0.3) is 0 Å². The number of nitrogens with zero attached hydrogens (tertiary/aromatic N) is 1. The Kier molecular flexibility index (Phi) is 5.03. The molecule has 6 rings (SSSR count). The lowest BCUT2D eigenvalue weighted by molar-refractivity contribution is -0.151. The first-order valence-electron chi connectivity index (χ1n) is 12.6. The summed E-state index contributed by atoms with van der Waals surface area (Å²) < 4.78 is 11.1. The number of hydrogen-bond donors (Lipinski definition) is 3. The molecule has 184 valence electrons. The number of hydrogen-bond acceptors (Lipinski definition) is 6. The Morgan fingerprint density at radius 3 is 2.74 bits per heavy atom. The summed E-state index contributed by atoms with van der Waals surface area (Å²) in [6.07, 6.45) is 4.27. The van der Waals surface area contributed by atoms with E-state index in [9.17, 15) is 14.7 Å². The van der Waals surface area contributed by atoms with Crippen LogP contribution in [0.4, 0.5) is 4.79 Å². The topological polar surface area (TPSA) is 100 Å². The number of amides is 3. The number of fused-ring (bicyclic) bond motifs is 3. The number of carbonyl (C=O) groups is 2. The molecule has 0 aromatic heterocycles. The minimum absolute atomic E-state index is 0.0680. The van der Waals surface area contributed by atoms with Gasteiger partial charge >= 0.3 is 6.03 Å².